The summed E-state index contributed by atoms with van der Waals surface area (Å²) in [4.78, 5) is 11.6. The molecule has 1 aliphatic carbocycles. The van der Waals surface area contributed by atoms with Gasteiger partial charge in [-0.25, -0.2) is 0 Å². The van der Waals surface area contributed by atoms with Crippen LogP contribution >= 0.6 is 22.6 Å². The van der Waals surface area contributed by atoms with Crippen molar-refractivity contribution in [2.75, 3.05) is 0 Å². The average molecular weight is 322 g/mol. The quantitative estimate of drug-likeness (QED) is 0.407. The summed E-state index contributed by atoms with van der Waals surface area (Å²) in [5, 5.41) is 0. The van der Waals surface area contributed by atoms with Crippen molar-refractivity contribution >= 4 is 28.4 Å². The smallest absolute Gasteiger partial charge is 0.287 e. The summed E-state index contributed by atoms with van der Waals surface area (Å²) < 4.78 is 26.2. The molecular formula is C11H9F2IO. The molecule has 0 aliphatic heterocycles. The van der Waals surface area contributed by atoms with Crippen molar-refractivity contribution in [3.63, 3.8) is 0 Å². The number of hydrogen-bond acceptors (Lipinski definition) is 1. The molecule has 0 saturated carbocycles. The van der Waals surface area contributed by atoms with E-state index in [4.69, 9.17) is 0 Å². The summed E-state index contributed by atoms with van der Waals surface area (Å²) in [5.74, 6) is -4.26. The number of hydrogen-bond donors (Lipinski definition) is 0. The number of halogens is 3. The van der Waals surface area contributed by atoms with Gasteiger partial charge in [-0.15, -0.1) is 0 Å². The number of benzene rings is 1. The summed E-state index contributed by atoms with van der Waals surface area (Å²) in [6.07, 6.45) is 0.890. The van der Waals surface area contributed by atoms with Crippen LogP contribution in [0, 0.1) is 0 Å². The zero-order valence-corrected chi connectivity index (χ0v) is 10.0. The standard InChI is InChI=1S/C11H9F2IO/c12-11(13)9(14)6-5-7-3-1-2-4-8(7)10(11)15/h1-4,9H,5-6H2. The van der Waals surface area contributed by atoms with Crippen LogP contribution in [0.2, 0.25) is 0 Å². The molecular weight excluding hydrogens is 313 g/mol. The first-order chi connectivity index (χ1) is 7.03. The molecule has 0 saturated heterocycles. The van der Waals surface area contributed by atoms with Crippen molar-refractivity contribution in [1.29, 1.82) is 0 Å². The van der Waals surface area contributed by atoms with Gasteiger partial charge in [0.15, 0.2) is 0 Å². The SMILES string of the molecule is O=C1c2ccccc2CCC(I)C1(F)F. The third-order valence-electron chi connectivity index (χ3n) is 2.63. The minimum absolute atomic E-state index is 0.182. The first-order valence-corrected chi connectivity index (χ1v) is 5.92. The van der Waals surface area contributed by atoms with E-state index in [1.165, 1.54) is 6.07 Å². The van der Waals surface area contributed by atoms with E-state index in [1.54, 1.807) is 40.8 Å². The largest absolute Gasteiger partial charge is 0.321 e. The van der Waals surface area contributed by atoms with E-state index in [1.807, 2.05) is 0 Å². The molecule has 1 unspecified atom stereocenters. The Labute approximate surface area is 100 Å². The molecule has 1 aliphatic rings. The fourth-order valence-corrected chi connectivity index (χ4v) is 2.34. The van der Waals surface area contributed by atoms with Crippen LogP contribution < -0.4 is 0 Å². The second kappa shape index (κ2) is 3.81. The van der Waals surface area contributed by atoms with Gasteiger partial charge in [-0.05, 0) is 18.4 Å². The lowest BCUT2D eigenvalue weighted by Gasteiger charge is -2.17. The Bertz CT molecular complexity index is 403. The fourth-order valence-electron chi connectivity index (χ4n) is 1.75. The van der Waals surface area contributed by atoms with Gasteiger partial charge in [0.25, 0.3) is 0 Å². The first-order valence-electron chi connectivity index (χ1n) is 4.68. The zero-order chi connectivity index (χ0) is 11.1. The Morgan fingerprint density at radius 3 is 2.73 bits per heavy atom. The number of rotatable bonds is 0. The van der Waals surface area contributed by atoms with Crippen molar-refractivity contribution < 1.29 is 13.6 Å². The summed E-state index contributed by atoms with van der Waals surface area (Å²) in [5.41, 5.74) is 0.919. The molecule has 0 bridgehead atoms. The van der Waals surface area contributed by atoms with Crippen LogP contribution in [-0.4, -0.2) is 15.6 Å². The molecule has 4 heteroatoms. The van der Waals surface area contributed by atoms with E-state index in [0.29, 0.717) is 12.8 Å². The van der Waals surface area contributed by atoms with E-state index in [0.717, 1.165) is 5.56 Å². The molecule has 1 aromatic rings. The number of Topliss-reactive ketones (excluding diaryl/α,β-unsaturated/α-hetero) is 1. The Kier molecular flexibility index (Phi) is 2.79. The minimum atomic E-state index is -3.23. The van der Waals surface area contributed by atoms with Crippen molar-refractivity contribution in [2.45, 2.75) is 22.7 Å². The number of carbonyl (C=O) groups is 1. The zero-order valence-electron chi connectivity index (χ0n) is 7.84. The highest BCUT2D eigenvalue weighted by Gasteiger charge is 2.47. The lowest BCUT2D eigenvalue weighted by molar-refractivity contribution is 0.0121. The maximum atomic E-state index is 13.6. The highest BCUT2D eigenvalue weighted by Crippen LogP contribution is 2.36. The molecule has 15 heavy (non-hydrogen) atoms. The van der Waals surface area contributed by atoms with Gasteiger partial charge in [-0.3, -0.25) is 4.79 Å². The molecule has 0 amide bonds. The van der Waals surface area contributed by atoms with E-state index < -0.39 is 15.6 Å². The van der Waals surface area contributed by atoms with Crippen molar-refractivity contribution in [3.05, 3.63) is 35.4 Å². The summed E-state index contributed by atoms with van der Waals surface area (Å²) in [7, 11) is 0. The highest BCUT2D eigenvalue weighted by molar-refractivity contribution is 14.1. The first kappa shape index (κ1) is 11.0. The molecule has 0 fully saturated rings. The van der Waals surface area contributed by atoms with E-state index >= 15 is 0 Å². The molecule has 0 radical (unpaired) electrons. The van der Waals surface area contributed by atoms with Crippen molar-refractivity contribution in [3.8, 4) is 0 Å². The molecule has 1 atom stereocenters. The third kappa shape index (κ3) is 1.79. The molecule has 0 N–H and O–H groups in total. The van der Waals surface area contributed by atoms with Crippen LogP contribution in [0.3, 0.4) is 0 Å². The maximum Gasteiger partial charge on any atom is 0.321 e. The maximum absolute atomic E-state index is 13.6. The lowest BCUT2D eigenvalue weighted by atomic mass is 10.0. The minimum Gasteiger partial charge on any atom is -0.287 e. The van der Waals surface area contributed by atoms with Gasteiger partial charge in [-0.2, -0.15) is 8.78 Å². The predicted molar refractivity (Wildman–Crippen MR) is 61.8 cm³/mol. The predicted octanol–water partition coefficient (Wildman–Crippen LogP) is 3.25. The fraction of sp³-hybridized carbons (Fsp3) is 0.364. The second-order valence-electron chi connectivity index (χ2n) is 3.62. The summed E-state index contributed by atoms with van der Waals surface area (Å²) in [6.45, 7) is 0. The van der Waals surface area contributed by atoms with Crippen LogP contribution in [0.5, 0.6) is 0 Å². The molecule has 80 valence electrons. The Hall–Kier alpha value is -0.520. The molecule has 2 rings (SSSR count). The highest BCUT2D eigenvalue weighted by atomic mass is 127. The topological polar surface area (TPSA) is 17.1 Å². The number of fused-ring (bicyclic) bond motifs is 1. The van der Waals surface area contributed by atoms with Crippen molar-refractivity contribution in [1.82, 2.24) is 0 Å². The van der Waals surface area contributed by atoms with Crippen LogP contribution in [0.25, 0.3) is 0 Å². The van der Waals surface area contributed by atoms with Gasteiger partial charge < -0.3 is 0 Å². The lowest BCUT2D eigenvalue weighted by Crippen LogP contribution is -2.36. The monoisotopic (exact) mass is 322 g/mol. The van der Waals surface area contributed by atoms with Crippen LogP contribution in [0.4, 0.5) is 8.78 Å². The van der Waals surface area contributed by atoms with Gasteiger partial charge in [0.1, 0.15) is 0 Å². The molecule has 0 heterocycles. The number of aryl methyl sites for hydroxylation is 1. The van der Waals surface area contributed by atoms with Gasteiger partial charge in [0, 0.05) is 5.56 Å². The van der Waals surface area contributed by atoms with Crippen LogP contribution in [0.1, 0.15) is 22.3 Å². The van der Waals surface area contributed by atoms with Crippen molar-refractivity contribution in [2.24, 2.45) is 0 Å². The number of alkyl halides is 3. The molecule has 1 aromatic carbocycles. The van der Waals surface area contributed by atoms with Gasteiger partial charge in [0.05, 0.1) is 3.92 Å². The number of ketones is 1. The Morgan fingerprint density at radius 1 is 1.33 bits per heavy atom. The molecule has 0 spiro atoms. The van der Waals surface area contributed by atoms with E-state index in [9.17, 15) is 13.6 Å². The second-order valence-corrected chi connectivity index (χ2v) is 5.12. The Morgan fingerprint density at radius 2 is 2.00 bits per heavy atom. The Balaban J connectivity index is 2.53. The third-order valence-corrected chi connectivity index (χ3v) is 4.03. The average Bonchev–Trinajstić information content (AvgIpc) is 2.31. The van der Waals surface area contributed by atoms with Crippen LogP contribution in [-0.2, 0) is 6.42 Å². The molecule has 0 aromatic heterocycles. The normalized spacial score (nSPS) is 24.5. The van der Waals surface area contributed by atoms with Crippen LogP contribution in [0.15, 0.2) is 24.3 Å². The van der Waals surface area contributed by atoms with E-state index in [2.05, 4.69) is 0 Å². The van der Waals surface area contributed by atoms with Gasteiger partial charge >= 0.3 is 5.92 Å². The summed E-state index contributed by atoms with van der Waals surface area (Å²) >= 11 is 1.67. The molecule has 1 nitrogen and oxygen atoms in total. The van der Waals surface area contributed by atoms with Gasteiger partial charge in [0.2, 0.25) is 5.78 Å². The van der Waals surface area contributed by atoms with Gasteiger partial charge in [-0.1, -0.05) is 46.9 Å². The summed E-state index contributed by atoms with van der Waals surface area (Å²) in [6, 6.07) is 6.64. The van der Waals surface area contributed by atoms with E-state index in [-0.39, 0.29) is 5.56 Å². The number of carbonyl (C=O) groups excluding carboxylic acids is 1.